The van der Waals surface area contributed by atoms with Gasteiger partial charge in [0.25, 0.3) is 0 Å². The van der Waals surface area contributed by atoms with Crippen molar-refractivity contribution < 1.29 is 14.7 Å². The number of carboxylic acids is 1. The Balaban J connectivity index is 2.17. The van der Waals surface area contributed by atoms with Gasteiger partial charge in [0.2, 0.25) is 5.91 Å². The van der Waals surface area contributed by atoms with Gasteiger partial charge in [-0.1, -0.05) is 17.7 Å². The first kappa shape index (κ1) is 14.6. The summed E-state index contributed by atoms with van der Waals surface area (Å²) in [5.41, 5.74) is 1.94. The Labute approximate surface area is 111 Å². The second kappa shape index (κ2) is 7.76. The number of hydrogen-bond acceptors (Lipinski definition) is 3. The minimum atomic E-state index is -0.792. The average molecular weight is 267 g/mol. The maximum absolute atomic E-state index is 11.5. The first-order valence-corrected chi connectivity index (χ1v) is 6.89. The van der Waals surface area contributed by atoms with Crippen molar-refractivity contribution in [1.82, 2.24) is 0 Å². The summed E-state index contributed by atoms with van der Waals surface area (Å²) in [5, 5.41) is 11.2. The molecule has 0 fully saturated rings. The zero-order valence-corrected chi connectivity index (χ0v) is 11.1. The van der Waals surface area contributed by atoms with E-state index in [4.69, 9.17) is 5.11 Å². The minimum Gasteiger partial charge on any atom is -0.481 e. The number of carboxylic acid groups (broad SMARTS) is 1. The smallest absolute Gasteiger partial charge is 0.303 e. The molecule has 0 aromatic heterocycles. The molecule has 1 amide bonds. The van der Waals surface area contributed by atoms with E-state index in [9.17, 15) is 9.59 Å². The van der Waals surface area contributed by atoms with Crippen LogP contribution in [0.1, 0.15) is 18.4 Å². The number of benzene rings is 1. The lowest BCUT2D eigenvalue weighted by atomic mass is 10.2. The Morgan fingerprint density at radius 1 is 1.28 bits per heavy atom. The molecule has 0 aliphatic heterocycles. The molecule has 0 aliphatic rings. The van der Waals surface area contributed by atoms with E-state index in [1.165, 1.54) is 11.8 Å². The molecule has 0 bridgehead atoms. The molecule has 0 saturated carbocycles. The van der Waals surface area contributed by atoms with E-state index in [2.05, 4.69) is 5.32 Å². The number of rotatable bonds is 7. The predicted molar refractivity (Wildman–Crippen MR) is 74.0 cm³/mol. The molecule has 0 aliphatic carbocycles. The van der Waals surface area contributed by atoms with E-state index in [0.717, 1.165) is 11.3 Å². The van der Waals surface area contributed by atoms with Crippen LogP contribution >= 0.6 is 11.8 Å². The van der Waals surface area contributed by atoms with Gasteiger partial charge in [-0.2, -0.15) is 11.8 Å². The summed E-state index contributed by atoms with van der Waals surface area (Å²) in [4.78, 5) is 21.8. The zero-order chi connectivity index (χ0) is 13.4. The van der Waals surface area contributed by atoms with E-state index in [1.54, 1.807) is 0 Å². The van der Waals surface area contributed by atoms with Crippen molar-refractivity contribution in [1.29, 1.82) is 0 Å². The molecule has 4 nitrogen and oxygen atoms in total. The molecular weight excluding hydrogens is 250 g/mol. The van der Waals surface area contributed by atoms with Crippen LogP contribution in [0.25, 0.3) is 0 Å². The third-order valence-corrected chi connectivity index (χ3v) is 3.29. The highest BCUT2D eigenvalue weighted by atomic mass is 32.2. The second-order valence-corrected chi connectivity index (χ2v) is 5.07. The molecular formula is C13H17NO3S. The number of aliphatic carboxylic acids is 1. The summed E-state index contributed by atoms with van der Waals surface area (Å²) in [6, 6.07) is 7.61. The van der Waals surface area contributed by atoms with E-state index >= 15 is 0 Å². The first-order valence-electron chi connectivity index (χ1n) is 5.74. The third-order valence-electron chi connectivity index (χ3n) is 2.25. The molecule has 18 heavy (non-hydrogen) atoms. The average Bonchev–Trinajstić information content (AvgIpc) is 2.31. The molecule has 5 heteroatoms. The lowest BCUT2D eigenvalue weighted by molar-refractivity contribution is -0.137. The van der Waals surface area contributed by atoms with Gasteiger partial charge in [-0.3, -0.25) is 9.59 Å². The Hall–Kier alpha value is -1.49. The SMILES string of the molecule is Cc1ccc(NC(=O)CSCCCC(=O)O)cc1. The maximum atomic E-state index is 11.5. The number of amides is 1. The molecule has 0 atom stereocenters. The van der Waals surface area contributed by atoms with E-state index in [-0.39, 0.29) is 12.3 Å². The van der Waals surface area contributed by atoms with Crippen molar-refractivity contribution in [3.63, 3.8) is 0 Å². The second-order valence-electron chi connectivity index (χ2n) is 3.96. The van der Waals surface area contributed by atoms with Gasteiger partial charge >= 0.3 is 5.97 Å². The van der Waals surface area contributed by atoms with Crippen LogP contribution in [0.5, 0.6) is 0 Å². The number of hydrogen-bond donors (Lipinski definition) is 2. The fourth-order valence-corrected chi connectivity index (χ4v) is 2.07. The maximum Gasteiger partial charge on any atom is 0.303 e. The molecule has 98 valence electrons. The van der Waals surface area contributed by atoms with Crippen LogP contribution in [-0.4, -0.2) is 28.5 Å². The van der Waals surface area contributed by atoms with Crippen LogP contribution in [0.4, 0.5) is 5.69 Å². The Morgan fingerprint density at radius 2 is 1.94 bits per heavy atom. The lowest BCUT2D eigenvalue weighted by Crippen LogP contribution is -2.14. The minimum absolute atomic E-state index is 0.0563. The highest BCUT2D eigenvalue weighted by Gasteiger charge is 2.03. The summed E-state index contributed by atoms with van der Waals surface area (Å²) in [6.45, 7) is 1.99. The van der Waals surface area contributed by atoms with Crippen molar-refractivity contribution in [3.05, 3.63) is 29.8 Å². The van der Waals surface area contributed by atoms with Gasteiger partial charge in [0.15, 0.2) is 0 Å². The lowest BCUT2D eigenvalue weighted by Gasteiger charge is -2.05. The number of carbonyl (C=O) groups excluding carboxylic acids is 1. The molecule has 0 spiro atoms. The fraction of sp³-hybridized carbons (Fsp3) is 0.385. The number of thioether (sulfide) groups is 1. The van der Waals surface area contributed by atoms with Gasteiger partial charge in [0.05, 0.1) is 5.75 Å². The summed E-state index contributed by atoms with van der Waals surface area (Å²) >= 11 is 1.45. The van der Waals surface area contributed by atoms with Crippen molar-refractivity contribution in [2.24, 2.45) is 0 Å². The fourth-order valence-electron chi connectivity index (χ4n) is 1.32. The van der Waals surface area contributed by atoms with Gasteiger partial charge in [0.1, 0.15) is 0 Å². The van der Waals surface area contributed by atoms with Crippen LogP contribution in [0, 0.1) is 6.92 Å². The number of carbonyl (C=O) groups is 2. The number of aryl methyl sites for hydroxylation is 1. The molecule has 1 aromatic carbocycles. The van der Waals surface area contributed by atoms with Crippen molar-refractivity contribution in [3.8, 4) is 0 Å². The summed E-state index contributed by atoms with van der Waals surface area (Å²) in [6.07, 6.45) is 0.754. The van der Waals surface area contributed by atoms with E-state index < -0.39 is 5.97 Å². The number of anilines is 1. The van der Waals surface area contributed by atoms with Crippen molar-refractivity contribution in [2.75, 3.05) is 16.8 Å². The van der Waals surface area contributed by atoms with Crippen LogP contribution in [-0.2, 0) is 9.59 Å². The normalized spacial score (nSPS) is 10.1. The highest BCUT2D eigenvalue weighted by molar-refractivity contribution is 7.99. The van der Waals surface area contributed by atoms with Gasteiger partial charge < -0.3 is 10.4 Å². The summed E-state index contributed by atoms with van der Waals surface area (Å²) in [5.74, 6) is 0.195. The topological polar surface area (TPSA) is 66.4 Å². The molecule has 1 aromatic rings. The first-order chi connectivity index (χ1) is 8.58. The Bertz CT molecular complexity index is 403. The molecule has 2 N–H and O–H groups in total. The van der Waals surface area contributed by atoms with E-state index in [1.807, 2.05) is 31.2 Å². The highest BCUT2D eigenvalue weighted by Crippen LogP contribution is 2.10. The van der Waals surface area contributed by atoms with Crippen LogP contribution in [0.15, 0.2) is 24.3 Å². The molecule has 0 saturated heterocycles. The summed E-state index contributed by atoms with van der Waals surface area (Å²) in [7, 11) is 0. The molecule has 0 unspecified atom stereocenters. The number of nitrogens with one attached hydrogen (secondary N) is 1. The Kier molecular flexibility index (Phi) is 6.28. The quantitative estimate of drug-likeness (QED) is 0.745. The Morgan fingerprint density at radius 3 is 2.56 bits per heavy atom. The summed E-state index contributed by atoms with van der Waals surface area (Å²) < 4.78 is 0. The third kappa shape index (κ3) is 6.30. The molecule has 0 radical (unpaired) electrons. The largest absolute Gasteiger partial charge is 0.481 e. The van der Waals surface area contributed by atoms with Crippen LogP contribution < -0.4 is 5.32 Å². The molecule has 1 rings (SSSR count). The van der Waals surface area contributed by atoms with Gasteiger partial charge in [0, 0.05) is 12.1 Å². The van der Waals surface area contributed by atoms with Gasteiger partial charge in [-0.25, -0.2) is 0 Å². The monoisotopic (exact) mass is 267 g/mol. The zero-order valence-electron chi connectivity index (χ0n) is 10.3. The molecule has 0 heterocycles. The van der Waals surface area contributed by atoms with E-state index in [0.29, 0.717) is 17.9 Å². The van der Waals surface area contributed by atoms with Crippen LogP contribution in [0.3, 0.4) is 0 Å². The van der Waals surface area contributed by atoms with Gasteiger partial charge in [-0.05, 0) is 31.2 Å². The van der Waals surface area contributed by atoms with Gasteiger partial charge in [-0.15, -0.1) is 0 Å². The van der Waals surface area contributed by atoms with Crippen molar-refractivity contribution >= 4 is 29.3 Å². The van der Waals surface area contributed by atoms with Crippen molar-refractivity contribution in [2.45, 2.75) is 19.8 Å². The van der Waals surface area contributed by atoms with Crippen LogP contribution in [0.2, 0.25) is 0 Å². The standard InChI is InChI=1S/C13H17NO3S/c1-10-4-6-11(7-5-10)14-12(15)9-18-8-2-3-13(16)17/h4-7H,2-3,8-9H2,1H3,(H,14,15)(H,16,17). The predicted octanol–water partition coefficient (Wildman–Crippen LogP) is 2.53.